The minimum Gasteiger partial charge on any atom is -0.395 e. The van der Waals surface area contributed by atoms with Crippen molar-refractivity contribution in [3.63, 3.8) is 0 Å². The normalized spacial score (nSPS) is 24.0. The summed E-state index contributed by atoms with van der Waals surface area (Å²) in [5.41, 5.74) is -1.23. The first-order chi connectivity index (χ1) is 13.3. The summed E-state index contributed by atoms with van der Waals surface area (Å²) in [6.45, 7) is 2.61. The van der Waals surface area contributed by atoms with Crippen LogP contribution in [-0.2, 0) is 11.0 Å². The third kappa shape index (κ3) is 5.17. The summed E-state index contributed by atoms with van der Waals surface area (Å²) in [6, 6.07) is 3.66. The summed E-state index contributed by atoms with van der Waals surface area (Å²) in [7, 11) is 0. The molecular formula is C19H25ClF3N3O2. The monoisotopic (exact) mass is 419 g/mol. The highest BCUT2D eigenvalue weighted by molar-refractivity contribution is 6.30. The van der Waals surface area contributed by atoms with E-state index < -0.39 is 17.6 Å². The number of nitrogens with one attached hydrogen (secondary N) is 1. The summed E-state index contributed by atoms with van der Waals surface area (Å²) < 4.78 is 39.6. The van der Waals surface area contributed by atoms with Gasteiger partial charge in [-0.15, -0.1) is 0 Å². The van der Waals surface area contributed by atoms with Gasteiger partial charge < -0.3 is 10.4 Å². The number of aliphatic hydroxyl groups is 1. The first-order valence-corrected chi connectivity index (χ1v) is 9.91. The van der Waals surface area contributed by atoms with E-state index >= 15 is 0 Å². The van der Waals surface area contributed by atoms with E-state index in [9.17, 15) is 23.1 Å². The molecule has 0 radical (unpaired) electrons. The maximum atomic E-state index is 13.2. The van der Waals surface area contributed by atoms with Crippen molar-refractivity contribution in [2.24, 2.45) is 0 Å². The average molecular weight is 420 g/mol. The average Bonchev–Trinajstić information content (AvgIpc) is 3.25. The molecule has 2 aliphatic heterocycles. The standard InChI is InChI=1S/C19H25ClF3N3O2/c20-13-5-6-17(16(9-13)19(21,22)23)24-18(28)11-26-8-1-3-14(26)10-25-7-2-4-15(25)12-27/h5-6,9,14-15,27H,1-4,7-8,10-12H2,(H,24,28). The smallest absolute Gasteiger partial charge is 0.395 e. The van der Waals surface area contributed by atoms with Gasteiger partial charge in [-0.1, -0.05) is 11.6 Å². The molecule has 156 valence electrons. The highest BCUT2D eigenvalue weighted by Crippen LogP contribution is 2.36. The number of benzene rings is 1. The molecule has 0 spiro atoms. The molecule has 2 saturated heterocycles. The Kier molecular flexibility index (Phi) is 6.85. The predicted octanol–water partition coefficient (Wildman–Crippen LogP) is 3.22. The molecule has 2 unspecified atom stereocenters. The van der Waals surface area contributed by atoms with Crippen molar-refractivity contribution >= 4 is 23.2 Å². The number of nitrogens with zero attached hydrogens (tertiary/aromatic N) is 2. The number of amides is 1. The predicted molar refractivity (Wildman–Crippen MR) is 101 cm³/mol. The van der Waals surface area contributed by atoms with Crippen LogP contribution in [0.25, 0.3) is 0 Å². The Bertz CT molecular complexity index is 701. The molecule has 0 saturated carbocycles. The minimum atomic E-state index is -4.60. The fourth-order valence-corrected chi connectivity index (χ4v) is 4.33. The Morgan fingerprint density at radius 3 is 2.54 bits per heavy atom. The van der Waals surface area contributed by atoms with Crippen molar-refractivity contribution in [2.45, 2.75) is 43.9 Å². The Morgan fingerprint density at radius 2 is 1.86 bits per heavy atom. The topological polar surface area (TPSA) is 55.8 Å². The van der Waals surface area contributed by atoms with Crippen molar-refractivity contribution in [2.75, 3.05) is 38.1 Å². The molecule has 3 rings (SSSR count). The molecule has 2 fully saturated rings. The number of hydrogen-bond donors (Lipinski definition) is 2. The zero-order chi connectivity index (χ0) is 20.3. The van der Waals surface area contributed by atoms with Crippen LogP contribution in [0.5, 0.6) is 0 Å². The quantitative estimate of drug-likeness (QED) is 0.743. The zero-order valence-corrected chi connectivity index (χ0v) is 16.3. The summed E-state index contributed by atoms with van der Waals surface area (Å²) in [4.78, 5) is 16.7. The molecule has 28 heavy (non-hydrogen) atoms. The van der Waals surface area contributed by atoms with Crippen LogP contribution in [-0.4, -0.2) is 65.7 Å². The van der Waals surface area contributed by atoms with Gasteiger partial charge in [0, 0.05) is 23.7 Å². The van der Waals surface area contributed by atoms with Crippen molar-refractivity contribution in [1.29, 1.82) is 0 Å². The third-order valence-electron chi connectivity index (χ3n) is 5.56. The van der Waals surface area contributed by atoms with E-state index in [2.05, 4.69) is 10.2 Å². The maximum Gasteiger partial charge on any atom is 0.418 e. The number of rotatable bonds is 6. The van der Waals surface area contributed by atoms with E-state index in [0.29, 0.717) is 0 Å². The third-order valence-corrected chi connectivity index (χ3v) is 5.80. The van der Waals surface area contributed by atoms with Gasteiger partial charge in [0.25, 0.3) is 0 Å². The summed E-state index contributed by atoms with van der Waals surface area (Å²) >= 11 is 5.68. The van der Waals surface area contributed by atoms with Crippen LogP contribution in [0.1, 0.15) is 31.2 Å². The van der Waals surface area contributed by atoms with E-state index in [-0.39, 0.29) is 35.9 Å². The Morgan fingerprint density at radius 1 is 1.18 bits per heavy atom. The van der Waals surface area contributed by atoms with Gasteiger partial charge in [-0.25, -0.2) is 0 Å². The Hall–Kier alpha value is -1.35. The molecule has 1 aromatic rings. The molecular weight excluding hydrogens is 395 g/mol. The van der Waals surface area contributed by atoms with Gasteiger partial charge in [0.1, 0.15) is 0 Å². The van der Waals surface area contributed by atoms with Crippen LogP contribution < -0.4 is 5.32 Å². The lowest BCUT2D eigenvalue weighted by molar-refractivity contribution is -0.137. The van der Waals surface area contributed by atoms with Crippen LogP contribution in [0.2, 0.25) is 5.02 Å². The number of halogens is 4. The van der Waals surface area contributed by atoms with Crippen molar-refractivity contribution in [3.8, 4) is 0 Å². The first kappa shape index (κ1) is 21.4. The van der Waals surface area contributed by atoms with Gasteiger partial charge in [-0.3, -0.25) is 14.6 Å². The molecule has 0 aliphatic carbocycles. The number of anilines is 1. The number of carbonyl (C=O) groups is 1. The van der Waals surface area contributed by atoms with Crippen molar-refractivity contribution in [1.82, 2.24) is 9.80 Å². The maximum absolute atomic E-state index is 13.2. The number of likely N-dealkylation sites (tertiary alicyclic amines) is 2. The van der Waals surface area contributed by atoms with Gasteiger partial charge >= 0.3 is 6.18 Å². The van der Waals surface area contributed by atoms with Gasteiger partial charge in [-0.05, 0) is 57.0 Å². The van der Waals surface area contributed by atoms with E-state index in [0.717, 1.165) is 51.4 Å². The summed E-state index contributed by atoms with van der Waals surface area (Å²) in [6.07, 6.45) is -0.685. The van der Waals surface area contributed by atoms with Crippen LogP contribution in [0.3, 0.4) is 0 Å². The highest BCUT2D eigenvalue weighted by atomic mass is 35.5. The second-order valence-corrected chi connectivity index (χ2v) is 7.91. The molecule has 2 atom stereocenters. The van der Waals surface area contributed by atoms with Crippen LogP contribution in [0, 0.1) is 0 Å². The minimum absolute atomic E-state index is 0.0334. The van der Waals surface area contributed by atoms with E-state index in [1.54, 1.807) is 0 Å². The molecule has 1 aromatic carbocycles. The number of aliphatic hydroxyl groups excluding tert-OH is 1. The second-order valence-electron chi connectivity index (χ2n) is 7.48. The van der Waals surface area contributed by atoms with Crippen LogP contribution >= 0.6 is 11.6 Å². The van der Waals surface area contributed by atoms with Crippen molar-refractivity contribution < 1.29 is 23.1 Å². The Balaban J connectivity index is 1.61. The van der Waals surface area contributed by atoms with E-state index in [1.807, 2.05) is 4.90 Å². The van der Waals surface area contributed by atoms with E-state index in [4.69, 9.17) is 11.6 Å². The molecule has 5 nitrogen and oxygen atoms in total. The van der Waals surface area contributed by atoms with E-state index in [1.165, 1.54) is 12.1 Å². The first-order valence-electron chi connectivity index (χ1n) is 9.53. The van der Waals surface area contributed by atoms with Gasteiger partial charge in [0.2, 0.25) is 5.91 Å². The molecule has 9 heteroatoms. The van der Waals surface area contributed by atoms with Crippen LogP contribution in [0.15, 0.2) is 18.2 Å². The molecule has 2 heterocycles. The molecule has 0 aromatic heterocycles. The van der Waals surface area contributed by atoms with Crippen LogP contribution in [0.4, 0.5) is 18.9 Å². The lowest BCUT2D eigenvalue weighted by Crippen LogP contribution is -2.45. The summed E-state index contributed by atoms with van der Waals surface area (Å²) in [5, 5.41) is 11.8. The summed E-state index contributed by atoms with van der Waals surface area (Å²) in [5.74, 6) is -0.472. The number of alkyl halides is 3. The molecule has 0 bridgehead atoms. The second kappa shape index (κ2) is 8.98. The lowest BCUT2D eigenvalue weighted by atomic mass is 10.1. The zero-order valence-electron chi connectivity index (χ0n) is 15.5. The van der Waals surface area contributed by atoms with Gasteiger partial charge in [0.15, 0.2) is 0 Å². The van der Waals surface area contributed by atoms with Gasteiger partial charge in [-0.2, -0.15) is 13.2 Å². The molecule has 1 amide bonds. The fraction of sp³-hybridized carbons (Fsp3) is 0.632. The highest BCUT2D eigenvalue weighted by Gasteiger charge is 2.35. The molecule has 2 aliphatic rings. The molecule has 2 N–H and O–H groups in total. The number of hydrogen-bond acceptors (Lipinski definition) is 4. The Labute approximate surface area is 167 Å². The van der Waals surface area contributed by atoms with Crippen molar-refractivity contribution in [3.05, 3.63) is 28.8 Å². The SMILES string of the molecule is O=C(CN1CCCC1CN1CCCC1CO)Nc1ccc(Cl)cc1C(F)(F)F. The number of carbonyl (C=O) groups excluding carboxylic acids is 1. The fourth-order valence-electron chi connectivity index (χ4n) is 4.16. The van der Waals surface area contributed by atoms with Gasteiger partial charge in [0.05, 0.1) is 24.4 Å². The largest absolute Gasteiger partial charge is 0.418 e. The lowest BCUT2D eigenvalue weighted by Gasteiger charge is -2.31.